The molecule has 0 saturated heterocycles. The van der Waals surface area contributed by atoms with Crippen molar-refractivity contribution in [1.82, 2.24) is 4.98 Å². The Morgan fingerprint density at radius 3 is 2.75 bits per heavy atom. The van der Waals surface area contributed by atoms with E-state index in [0.717, 1.165) is 23.5 Å². The molecule has 0 aliphatic rings. The molecule has 0 radical (unpaired) electrons. The topological polar surface area (TPSA) is 39.2 Å². The first-order valence-corrected chi connectivity index (χ1v) is 6.56. The Labute approximate surface area is 117 Å². The summed E-state index contributed by atoms with van der Waals surface area (Å²) in [5.74, 6) is -4.40. The third-order valence-corrected chi connectivity index (χ3v) is 3.55. The third kappa shape index (κ3) is 2.98. The predicted molar refractivity (Wildman–Crippen MR) is 67.8 cm³/mol. The van der Waals surface area contributed by atoms with Gasteiger partial charge >= 0.3 is 5.97 Å². The molecule has 20 heavy (non-hydrogen) atoms. The Balaban J connectivity index is 2.21. The van der Waals surface area contributed by atoms with E-state index in [2.05, 4.69) is 9.72 Å². The molecule has 0 bridgehead atoms. The molecule has 0 fully saturated rings. The highest BCUT2D eigenvalue weighted by atomic mass is 32.1. The maximum atomic E-state index is 13.6. The standard InChI is InChI=1S/C13H10F3NO2S/c1-19-10(18)5-2-7-6-20-13(17-7)8-3-4-9(14)12(16)11(8)15/h3-4,6H,2,5H2,1H3. The Morgan fingerprint density at radius 1 is 1.30 bits per heavy atom. The van der Waals surface area contributed by atoms with E-state index in [1.807, 2.05) is 0 Å². The van der Waals surface area contributed by atoms with Crippen molar-refractivity contribution in [2.45, 2.75) is 12.8 Å². The lowest BCUT2D eigenvalue weighted by atomic mass is 10.2. The van der Waals surface area contributed by atoms with Crippen LogP contribution in [0.4, 0.5) is 13.2 Å². The number of esters is 1. The van der Waals surface area contributed by atoms with E-state index in [4.69, 9.17) is 0 Å². The van der Waals surface area contributed by atoms with Crippen LogP contribution in [0.15, 0.2) is 17.5 Å². The summed E-state index contributed by atoms with van der Waals surface area (Å²) in [6.07, 6.45) is 0.494. The minimum atomic E-state index is -1.52. The second-order valence-corrected chi connectivity index (χ2v) is 4.80. The van der Waals surface area contributed by atoms with E-state index in [-0.39, 0.29) is 23.0 Å². The number of ether oxygens (including phenoxy) is 1. The molecule has 1 heterocycles. The summed E-state index contributed by atoms with van der Waals surface area (Å²) in [5, 5.41) is 1.88. The van der Waals surface area contributed by atoms with Crippen molar-refractivity contribution < 1.29 is 22.7 Å². The molecule has 0 unspecified atom stereocenters. The van der Waals surface area contributed by atoms with E-state index in [1.165, 1.54) is 7.11 Å². The molecule has 0 amide bonds. The molecule has 2 rings (SSSR count). The quantitative estimate of drug-likeness (QED) is 0.642. The molecule has 2 aromatic rings. The van der Waals surface area contributed by atoms with Crippen molar-refractivity contribution in [3.63, 3.8) is 0 Å². The number of benzene rings is 1. The number of nitrogens with zero attached hydrogens (tertiary/aromatic N) is 1. The number of hydrogen-bond acceptors (Lipinski definition) is 4. The maximum Gasteiger partial charge on any atom is 0.305 e. The van der Waals surface area contributed by atoms with Gasteiger partial charge in [-0.25, -0.2) is 18.2 Å². The number of aromatic nitrogens is 1. The van der Waals surface area contributed by atoms with Crippen LogP contribution in [-0.4, -0.2) is 18.1 Å². The van der Waals surface area contributed by atoms with E-state index in [0.29, 0.717) is 12.1 Å². The molecule has 0 N–H and O–H groups in total. The van der Waals surface area contributed by atoms with Gasteiger partial charge in [0, 0.05) is 17.4 Å². The van der Waals surface area contributed by atoms with Crippen molar-refractivity contribution in [2.24, 2.45) is 0 Å². The van der Waals surface area contributed by atoms with Crippen molar-refractivity contribution in [3.8, 4) is 10.6 Å². The molecule has 1 aromatic heterocycles. The second kappa shape index (κ2) is 6.04. The number of halogens is 3. The number of methoxy groups -OCH3 is 1. The Bertz CT molecular complexity index is 643. The van der Waals surface area contributed by atoms with Crippen LogP contribution in [0.25, 0.3) is 10.6 Å². The van der Waals surface area contributed by atoms with E-state index < -0.39 is 17.5 Å². The first-order valence-electron chi connectivity index (χ1n) is 5.68. The second-order valence-electron chi connectivity index (χ2n) is 3.94. The normalized spacial score (nSPS) is 10.6. The van der Waals surface area contributed by atoms with Crippen molar-refractivity contribution >= 4 is 17.3 Å². The fourth-order valence-corrected chi connectivity index (χ4v) is 2.44. The van der Waals surface area contributed by atoms with Gasteiger partial charge in [-0.15, -0.1) is 11.3 Å². The first kappa shape index (κ1) is 14.5. The lowest BCUT2D eigenvalue weighted by Gasteiger charge is -2.01. The van der Waals surface area contributed by atoms with Gasteiger partial charge in [-0.2, -0.15) is 0 Å². The van der Waals surface area contributed by atoms with Gasteiger partial charge in [-0.3, -0.25) is 4.79 Å². The van der Waals surface area contributed by atoms with Crippen LogP contribution in [-0.2, 0) is 16.0 Å². The van der Waals surface area contributed by atoms with Crippen molar-refractivity contribution in [3.05, 3.63) is 40.7 Å². The summed E-state index contributed by atoms with van der Waals surface area (Å²) in [7, 11) is 1.28. The summed E-state index contributed by atoms with van der Waals surface area (Å²) in [6, 6.07) is 1.99. The minimum Gasteiger partial charge on any atom is -0.469 e. The average Bonchev–Trinajstić information content (AvgIpc) is 2.91. The highest BCUT2D eigenvalue weighted by Crippen LogP contribution is 2.28. The summed E-state index contributed by atoms with van der Waals surface area (Å²) in [4.78, 5) is 15.1. The van der Waals surface area contributed by atoms with Gasteiger partial charge in [-0.1, -0.05) is 0 Å². The monoisotopic (exact) mass is 301 g/mol. The van der Waals surface area contributed by atoms with Crippen LogP contribution in [0.3, 0.4) is 0 Å². The van der Waals surface area contributed by atoms with Gasteiger partial charge in [-0.05, 0) is 12.1 Å². The van der Waals surface area contributed by atoms with Gasteiger partial charge in [0.25, 0.3) is 0 Å². The lowest BCUT2D eigenvalue weighted by molar-refractivity contribution is -0.140. The van der Waals surface area contributed by atoms with Crippen molar-refractivity contribution in [1.29, 1.82) is 0 Å². The highest BCUT2D eigenvalue weighted by molar-refractivity contribution is 7.13. The van der Waals surface area contributed by atoms with Gasteiger partial charge < -0.3 is 4.74 Å². The Hall–Kier alpha value is -1.89. The number of hydrogen-bond donors (Lipinski definition) is 0. The summed E-state index contributed by atoms with van der Waals surface area (Å²) in [6.45, 7) is 0. The van der Waals surface area contributed by atoms with Gasteiger partial charge in [0.1, 0.15) is 5.01 Å². The molecule has 0 aliphatic carbocycles. The molecule has 0 atom stereocenters. The van der Waals surface area contributed by atoms with E-state index in [9.17, 15) is 18.0 Å². The van der Waals surface area contributed by atoms with Crippen LogP contribution in [0.1, 0.15) is 12.1 Å². The molecule has 1 aromatic carbocycles. The van der Waals surface area contributed by atoms with E-state index in [1.54, 1.807) is 5.38 Å². The summed E-state index contributed by atoms with van der Waals surface area (Å²) >= 11 is 1.10. The number of aryl methyl sites for hydroxylation is 1. The van der Waals surface area contributed by atoms with Crippen LogP contribution in [0, 0.1) is 17.5 Å². The van der Waals surface area contributed by atoms with Gasteiger partial charge in [0.15, 0.2) is 17.5 Å². The van der Waals surface area contributed by atoms with Crippen LogP contribution in [0.5, 0.6) is 0 Å². The van der Waals surface area contributed by atoms with E-state index >= 15 is 0 Å². The van der Waals surface area contributed by atoms with Crippen LogP contribution >= 0.6 is 11.3 Å². The fraction of sp³-hybridized carbons (Fsp3) is 0.231. The summed E-state index contributed by atoms with van der Waals surface area (Å²) < 4.78 is 44.1. The van der Waals surface area contributed by atoms with Crippen molar-refractivity contribution in [2.75, 3.05) is 7.11 Å². The predicted octanol–water partition coefficient (Wildman–Crippen LogP) is 3.33. The Morgan fingerprint density at radius 2 is 2.05 bits per heavy atom. The zero-order valence-electron chi connectivity index (χ0n) is 10.5. The SMILES string of the molecule is COC(=O)CCc1csc(-c2ccc(F)c(F)c2F)n1. The molecular formula is C13H10F3NO2S. The largest absolute Gasteiger partial charge is 0.469 e. The Kier molecular flexibility index (Phi) is 4.39. The highest BCUT2D eigenvalue weighted by Gasteiger charge is 2.17. The molecule has 7 heteroatoms. The molecule has 0 aliphatic heterocycles. The summed E-state index contributed by atoms with van der Waals surface area (Å²) in [5.41, 5.74) is 0.470. The number of thiazole rings is 1. The van der Waals surface area contributed by atoms with Crippen LogP contribution in [0.2, 0.25) is 0 Å². The number of rotatable bonds is 4. The van der Waals surface area contributed by atoms with Gasteiger partial charge in [0.2, 0.25) is 0 Å². The molecule has 0 saturated carbocycles. The molecule has 3 nitrogen and oxygen atoms in total. The third-order valence-electron chi connectivity index (χ3n) is 2.63. The lowest BCUT2D eigenvalue weighted by Crippen LogP contribution is -2.02. The zero-order chi connectivity index (χ0) is 14.7. The first-order chi connectivity index (χ1) is 9.52. The zero-order valence-corrected chi connectivity index (χ0v) is 11.3. The van der Waals surface area contributed by atoms with Gasteiger partial charge in [0.05, 0.1) is 19.2 Å². The molecule has 106 valence electrons. The maximum absolute atomic E-state index is 13.6. The molecular weight excluding hydrogens is 291 g/mol. The number of carbonyl (C=O) groups is 1. The smallest absolute Gasteiger partial charge is 0.305 e. The number of carbonyl (C=O) groups excluding carboxylic acids is 1. The van der Waals surface area contributed by atoms with Crippen LogP contribution < -0.4 is 0 Å². The fourth-order valence-electron chi connectivity index (χ4n) is 1.57. The minimum absolute atomic E-state index is 0.0989. The average molecular weight is 301 g/mol. The molecule has 0 spiro atoms.